The second kappa shape index (κ2) is 4.80. The first-order valence-electron chi connectivity index (χ1n) is 8.19. The SMILES string of the molecule is CN1[C@@H]2CN(C(=O)c3ncc[nH]3)C[C@@H]3CC[C@H]1[C@](C)(C2)[C@@H]3O. The zero-order chi connectivity index (χ0) is 15.5. The maximum absolute atomic E-state index is 12.7. The van der Waals surface area contributed by atoms with Gasteiger partial charge in [-0.1, -0.05) is 6.92 Å². The van der Waals surface area contributed by atoms with Crippen molar-refractivity contribution in [1.82, 2.24) is 19.8 Å². The molecule has 6 nitrogen and oxygen atoms in total. The lowest BCUT2D eigenvalue weighted by Gasteiger charge is -2.47. The zero-order valence-electron chi connectivity index (χ0n) is 13.2. The van der Waals surface area contributed by atoms with Gasteiger partial charge in [0.2, 0.25) is 0 Å². The Kier molecular flexibility index (Phi) is 3.10. The lowest BCUT2D eigenvalue weighted by molar-refractivity contribution is -0.0661. The van der Waals surface area contributed by atoms with Crippen molar-refractivity contribution >= 4 is 5.91 Å². The summed E-state index contributed by atoms with van der Waals surface area (Å²) < 4.78 is 0. The minimum atomic E-state index is -0.328. The first-order chi connectivity index (χ1) is 10.5. The van der Waals surface area contributed by atoms with E-state index in [0.29, 0.717) is 24.5 Å². The van der Waals surface area contributed by atoms with Gasteiger partial charge in [0.1, 0.15) is 0 Å². The molecule has 1 aromatic rings. The molecule has 2 aliphatic heterocycles. The number of aromatic amines is 1. The molecule has 3 bridgehead atoms. The Morgan fingerprint density at radius 3 is 3.00 bits per heavy atom. The number of hydrogen-bond acceptors (Lipinski definition) is 4. The number of aliphatic hydroxyl groups excluding tert-OH is 1. The highest BCUT2D eigenvalue weighted by Crippen LogP contribution is 2.51. The number of aliphatic hydroxyl groups is 1. The van der Waals surface area contributed by atoms with E-state index in [4.69, 9.17) is 0 Å². The molecule has 0 spiro atoms. The molecule has 22 heavy (non-hydrogen) atoms. The van der Waals surface area contributed by atoms with Gasteiger partial charge in [-0.15, -0.1) is 0 Å². The molecule has 2 saturated heterocycles. The molecule has 1 aliphatic carbocycles. The summed E-state index contributed by atoms with van der Waals surface area (Å²) >= 11 is 0. The summed E-state index contributed by atoms with van der Waals surface area (Å²) in [5.41, 5.74) is -0.0256. The van der Waals surface area contributed by atoms with Crippen LogP contribution in [0, 0.1) is 11.3 Å². The van der Waals surface area contributed by atoms with E-state index in [2.05, 4.69) is 28.8 Å². The number of imidazole rings is 1. The number of rotatable bonds is 1. The first kappa shape index (κ1) is 14.2. The Balaban J connectivity index is 1.67. The van der Waals surface area contributed by atoms with Crippen LogP contribution in [-0.4, -0.2) is 69.1 Å². The number of hydrogen-bond donors (Lipinski definition) is 2. The van der Waals surface area contributed by atoms with E-state index in [1.165, 1.54) is 0 Å². The number of aromatic nitrogens is 2. The maximum Gasteiger partial charge on any atom is 0.289 e. The first-order valence-corrected chi connectivity index (χ1v) is 8.19. The minimum Gasteiger partial charge on any atom is -0.392 e. The predicted molar refractivity (Wildman–Crippen MR) is 81.3 cm³/mol. The van der Waals surface area contributed by atoms with Crippen LogP contribution in [-0.2, 0) is 0 Å². The minimum absolute atomic E-state index is 0.0256. The highest BCUT2D eigenvalue weighted by molar-refractivity contribution is 5.90. The Morgan fingerprint density at radius 2 is 2.27 bits per heavy atom. The quantitative estimate of drug-likeness (QED) is 0.802. The van der Waals surface area contributed by atoms with Crippen LogP contribution >= 0.6 is 0 Å². The highest BCUT2D eigenvalue weighted by atomic mass is 16.3. The average Bonchev–Trinajstić information content (AvgIpc) is 3.11. The second-order valence-corrected chi connectivity index (χ2v) is 7.48. The molecule has 0 radical (unpaired) electrons. The molecule has 1 amide bonds. The van der Waals surface area contributed by atoms with Gasteiger partial charge in [-0.05, 0) is 26.3 Å². The predicted octanol–water partition coefficient (Wildman–Crippen LogP) is 0.715. The van der Waals surface area contributed by atoms with Gasteiger partial charge in [0.15, 0.2) is 5.82 Å². The van der Waals surface area contributed by atoms with Crippen LogP contribution in [0.25, 0.3) is 0 Å². The van der Waals surface area contributed by atoms with Crippen molar-refractivity contribution in [3.8, 4) is 0 Å². The third-order valence-corrected chi connectivity index (χ3v) is 6.31. The van der Waals surface area contributed by atoms with Crippen molar-refractivity contribution < 1.29 is 9.90 Å². The monoisotopic (exact) mass is 304 g/mol. The molecule has 4 rings (SSSR count). The molecule has 0 unspecified atom stereocenters. The highest BCUT2D eigenvalue weighted by Gasteiger charge is 2.57. The molecule has 3 heterocycles. The summed E-state index contributed by atoms with van der Waals surface area (Å²) in [6.45, 7) is 3.59. The summed E-state index contributed by atoms with van der Waals surface area (Å²) in [5.74, 6) is 0.519. The number of likely N-dealkylation sites (tertiary alicyclic amines) is 2. The molecule has 6 heteroatoms. The number of amides is 1. The number of H-pyrrole nitrogens is 1. The van der Waals surface area contributed by atoms with Crippen molar-refractivity contribution in [2.75, 3.05) is 20.1 Å². The fraction of sp³-hybridized carbons (Fsp3) is 0.750. The lowest BCUT2D eigenvalue weighted by atomic mass is 9.64. The summed E-state index contributed by atoms with van der Waals surface area (Å²) in [5, 5.41) is 10.9. The molecule has 5 atom stereocenters. The van der Waals surface area contributed by atoms with Crippen LogP contribution in [0.3, 0.4) is 0 Å². The van der Waals surface area contributed by atoms with Crippen molar-refractivity contribution in [2.45, 2.75) is 44.4 Å². The lowest BCUT2D eigenvalue weighted by Crippen LogP contribution is -2.53. The molecular weight excluding hydrogens is 280 g/mol. The van der Waals surface area contributed by atoms with Crippen LogP contribution in [0.1, 0.15) is 36.8 Å². The molecule has 3 aliphatic rings. The van der Waals surface area contributed by atoms with E-state index in [1.54, 1.807) is 12.4 Å². The smallest absolute Gasteiger partial charge is 0.289 e. The van der Waals surface area contributed by atoms with Gasteiger partial charge in [0.05, 0.1) is 6.10 Å². The largest absolute Gasteiger partial charge is 0.392 e. The number of carbonyl (C=O) groups excluding carboxylic acids is 1. The van der Waals surface area contributed by atoms with E-state index < -0.39 is 0 Å². The Bertz CT molecular complexity index is 573. The maximum atomic E-state index is 12.7. The van der Waals surface area contributed by atoms with Crippen LogP contribution < -0.4 is 0 Å². The van der Waals surface area contributed by atoms with Gasteiger partial charge in [0.25, 0.3) is 5.91 Å². The molecule has 1 aromatic heterocycles. The van der Waals surface area contributed by atoms with Crippen molar-refractivity contribution in [3.63, 3.8) is 0 Å². The van der Waals surface area contributed by atoms with Gasteiger partial charge in [-0.3, -0.25) is 9.69 Å². The van der Waals surface area contributed by atoms with Gasteiger partial charge in [-0.2, -0.15) is 0 Å². The van der Waals surface area contributed by atoms with Crippen molar-refractivity contribution in [3.05, 3.63) is 18.2 Å². The van der Waals surface area contributed by atoms with Crippen LogP contribution in [0.5, 0.6) is 0 Å². The molecule has 120 valence electrons. The third-order valence-electron chi connectivity index (χ3n) is 6.31. The van der Waals surface area contributed by atoms with Gasteiger partial charge < -0.3 is 15.0 Å². The Labute approximate surface area is 130 Å². The Hall–Kier alpha value is -1.40. The molecule has 3 fully saturated rings. The molecule has 1 saturated carbocycles. The van der Waals surface area contributed by atoms with E-state index in [0.717, 1.165) is 25.8 Å². The van der Waals surface area contributed by atoms with E-state index in [1.807, 2.05) is 4.90 Å². The second-order valence-electron chi connectivity index (χ2n) is 7.48. The fourth-order valence-electron chi connectivity index (χ4n) is 5.12. The molecular formula is C16H24N4O2. The average molecular weight is 304 g/mol. The Morgan fingerprint density at radius 1 is 1.45 bits per heavy atom. The number of carbonyl (C=O) groups is 1. The van der Waals surface area contributed by atoms with Crippen molar-refractivity contribution in [2.24, 2.45) is 11.3 Å². The van der Waals surface area contributed by atoms with Crippen LogP contribution in [0.15, 0.2) is 12.4 Å². The summed E-state index contributed by atoms with van der Waals surface area (Å²) in [6, 6.07) is 0.755. The summed E-state index contributed by atoms with van der Waals surface area (Å²) in [7, 11) is 2.15. The molecule has 0 aromatic carbocycles. The van der Waals surface area contributed by atoms with E-state index >= 15 is 0 Å². The van der Waals surface area contributed by atoms with Crippen LogP contribution in [0.2, 0.25) is 0 Å². The van der Waals surface area contributed by atoms with Gasteiger partial charge in [-0.25, -0.2) is 4.98 Å². The normalized spacial score (nSPS) is 41.5. The van der Waals surface area contributed by atoms with Gasteiger partial charge >= 0.3 is 0 Å². The zero-order valence-corrected chi connectivity index (χ0v) is 13.2. The number of likely N-dealkylation sites (N-methyl/N-ethyl adjacent to an activating group) is 1. The number of nitrogens with one attached hydrogen (secondary N) is 1. The molecule has 2 N–H and O–H groups in total. The number of nitrogens with zero attached hydrogens (tertiary/aromatic N) is 3. The summed E-state index contributed by atoms with van der Waals surface area (Å²) in [6.07, 6.45) is 6.03. The fourth-order valence-corrected chi connectivity index (χ4v) is 5.12. The van der Waals surface area contributed by atoms with Crippen LogP contribution in [0.4, 0.5) is 0 Å². The van der Waals surface area contributed by atoms with E-state index in [9.17, 15) is 9.90 Å². The van der Waals surface area contributed by atoms with Gasteiger partial charge in [0, 0.05) is 48.9 Å². The summed E-state index contributed by atoms with van der Waals surface area (Å²) in [4.78, 5) is 24.0. The topological polar surface area (TPSA) is 72.5 Å². The van der Waals surface area contributed by atoms with E-state index in [-0.39, 0.29) is 23.3 Å². The standard InChI is InChI=1S/C16H24N4O2/c1-16-7-11-9-20(15(22)14-17-5-6-18-14)8-10(13(16)21)3-4-12(16)19(11)2/h5-6,10-13,21H,3-4,7-9H2,1-2H3,(H,17,18)/t10-,11-,12-,13+,16-/m0/s1. The number of fused-ring (bicyclic) bond motifs is 2. The third kappa shape index (κ3) is 1.86. The van der Waals surface area contributed by atoms with Crippen molar-refractivity contribution in [1.29, 1.82) is 0 Å².